The quantitative estimate of drug-likeness (QED) is 0.610. The van der Waals surface area contributed by atoms with E-state index < -0.39 is 0 Å². The fourth-order valence-electron chi connectivity index (χ4n) is 2.48. The van der Waals surface area contributed by atoms with Gasteiger partial charge in [-0.1, -0.05) is 12.1 Å². The van der Waals surface area contributed by atoms with Crippen molar-refractivity contribution in [1.29, 1.82) is 5.41 Å². The van der Waals surface area contributed by atoms with Crippen LogP contribution in [0.15, 0.2) is 18.2 Å². The molecule has 0 atom stereocenters. The summed E-state index contributed by atoms with van der Waals surface area (Å²) in [5, 5.41) is 7.32. The van der Waals surface area contributed by atoms with Gasteiger partial charge in [0.1, 0.15) is 11.7 Å². The molecule has 19 heavy (non-hydrogen) atoms. The summed E-state index contributed by atoms with van der Waals surface area (Å²) < 4.78 is 14.0. The fourth-order valence-corrected chi connectivity index (χ4v) is 2.48. The average Bonchev–Trinajstić information content (AvgIpc) is 3.24. The molecule has 0 spiro atoms. The molecular formula is C15H20FN3. The minimum absolute atomic E-state index is 0.0810. The summed E-state index contributed by atoms with van der Waals surface area (Å²) in [4.78, 5) is 2.42. The lowest BCUT2D eigenvalue weighted by Crippen LogP contribution is -2.28. The molecule has 2 aliphatic rings. The molecule has 0 aliphatic heterocycles. The van der Waals surface area contributed by atoms with Gasteiger partial charge in [-0.05, 0) is 37.7 Å². The molecule has 3 rings (SSSR count). The molecular weight excluding hydrogens is 241 g/mol. The Morgan fingerprint density at radius 2 is 2.05 bits per heavy atom. The topological polar surface area (TPSA) is 53.1 Å². The second-order valence-corrected chi connectivity index (χ2v) is 5.82. The van der Waals surface area contributed by atoms with E-state index in [0.29, 0.717) is 18.2 Å². The van der Waals surface area contributed by atoms with Gasteiger partial charge in [-0.3, -0.25) is 10.3 Å². The molecule has 0 heterocycles. The molecule has 1 aromatic carbocycles. The van der Waals surface area contributed by atoms with Crippen LogP contribution in [-0.2, 0) is 6.54 Å². The van der Waals surface area contributed by atoms with E-state index in [0.717, 1.165) is 18.0 Å². The zero-order valence-electron chi connectivity index (χ0n) is 11.0. The highest BCUT2D eigenvalue weighted by atomic mass is 19.1. The van der Waals surface area contributed by atoms with Crippen LogP contribution in [-0.4, -0.2) is 23.3 Å². The molecule has 3 nitrogen and oxygen atoms in total. The first-order chi connectivity index (χ1) is 9.13. The van der Waals surface area contributed by atoms with Crippen LogP contribution in [0.1, 0.15) is 36.8 Å². The third-order valence-electron chi connectivity index (χ3n) is 3.99. The number of rotatable bonds is 6. The minimum Gasteiger partial charge on any atom is -0.384 e. The second-order valence-electron chi connectivity index (χ2n) is 5.82. The van der Waals surface area contributed by atoms with E-state index in [4.69, 9.17) is 11.1 Å². The molecule has 4 heteroatoms. The first kappa shape index (κ1) is 12.6. The van der Waals surface area contributed by atoms with E-state index in [1.165, 1.54) is 31.7 Å². The molecule has 0 bridgehead atoms. The zero-order chi connectivity index (χ0) is 13.4. The van der Waals surface area contributed by atoms with Gasteiger partial charge in [0.25, 0.3) is 0 Å². The third kappa shape index (κ3) is 3.13. The molecule has 0 aromatic heterocycles. The summed E-state index contributed by atoms with van der Waals surface area (Å²) in [6.07, 6.45) is 5.16. The number of nitrogens with zero attached hydrogens (tertiary/aromatic N) is 1. The maximum Gasteiger partial charge on any atom is 0.128 e. The number of hydrogen-bond donors (Lipinski definition) is 2. The van der Waals surface area contributed by atoms with Crippen molar-refractivity contribution >= 4 is 5.84 Å². The van der Waals surface area contributed by atoms with Crippen molar-refractivity contribution < 1.29 is 4.39 Å². The molecule has 2 saturated carbocycles. The summed E-state index contributed by atoms with van der Waals surface area (Å²) in [5.41, 5.74) is 6.55. The Kier molecular flexibility index (Phi) is 3.27. The first-order valence-electron chi connectivity index (χ1n) is 7.00. The van der Waals surface area contributed by atoms with Crippen LogP contribution in [0.4, 0.5) is 4.39 Å². The largest absolute Gasteiger partial charge is 0.384 e. The van der Waals surface area contributed by atoms with Crippen LogP contribution in [0.3, 0.4) is 0 Å². The predicted octanol–water partition coefficient (Wildman–Crippen LogP) is 2.48. The van der Waals surface area contributed by atoms with E-state index in [9.17, 15) is 4.39 Å². The van der Waals surface area contributed by atoms with Gasteiger partial charge in [-0.2, -0.15) is 0 Å². The van der Waals surface area contributed by atoms with Gasteiger partial charge >= 0.3 is 0 Å². The van der Waals surface area contributed by atoms with Crippen molar-refractivity contribution in [3.8, 4) is 0 Å². The maximum absolute atomic E-state index is 14.0. The normalized spacial score (nSPS) is 18.8. The SMILES string of the molecule is N=C(N)c1ccc(CN(CC2CC2)C2CC2)c(F)c1. The summed E-state index contributed by atoms with van der Waals surface area (Å²) in [5.74, 6) is 0.511. The first-order valence-corrected chi connectivity index (χ1v) is 7.00. The Morgan fingerprint density at radius 3 is 2.58 bits per heavy atom. The highest BCUT2D eigenvalue weighted by Gasteiger charge is 2.33. The Hall–Kier alpha value is -1.42. The average molecular weight is 261 g/mol. The van der Waals surface area contributed by atoms with Gasteiger partial charge in [0.05, 0.1) is 0 Å². The van der Waals surface area contributed by atoms with Crippen LogP contribution < -0.4 is 5.73 Å². The Bertz CT molecular complexity index is 492. The molecule has 0 radical (unpaired) electrons. The second kappa shape index (κ2) is 4.93. The van der Waals surface area contributed by atoms with Gasteiger partial charge in [-0.15, -0.1) is 0 Å². The third-order valence-corrected chi connectivity index (χ3v) is 3.99. The van der Waals surface area contributed by atoms with Gasteiger partial charge in [0.2, 0.25) is 0 Å². The number of halogens is 1. The summed E-state index contributed by atoms with van der Waals surface area (Å²) in [7, 11) is 0. The highest BCUT2D eigenvalue weighted by Crippen LogP contribution is 2.35. The number of nitrogens with one attached hydrogen (secondary N) is 1. The summed E-state index contributed by atoms with van der Waals surface area (Å²) in [6, 6.07) is 5.55. The highest BCUT2D eigenvalue weighted by molar-refractivity contribution is 5.94. The van der Waals surface area contributed by atoms with E-state index >= 15 is 0 Å². The predicted molar refractivity (Wildman–Crippen MR) is 73.6 cm³/mol. The Balaban J connectivity index is 1.71. The van der Waals surface area contributed by atoms with E-state index in [2.05, 4.69) is 4.90 Å². The Morgan fingerprint density at radius 1 is 1.32 bits per heavy atom. The maximum atomic E-state index is 14.0. The molecule has 3 N–H and O–H groups in total. The summed E-state index contributed by atoms with van der Waals surface area (Å²) in [6.45, 7) is 1.80. The lowest BCUT2D eigenvalue weighted by atomic mass is 10.1. The number of nitrogen functional groups attached to an aromatic ring is 1. The van der Waals surface area contributed by atoms with E-state index in [-0.39, 0.29) is 11.7 Å². The van der Waals surface area contributed by atoms with Gasteiger partial charge in [0, 0.05) is 30.3 Å². The monoisotopic (exact) mass is 261 g/mol. The van der Waals surface area contributed by atoms with Crippen molar-refractivity contribution in [3.05, 3.63) is 35.1 Å². The lowest BCUT2D eigenvalue weighted by molar-refractivity contribution is 0.241. The molecule has 0 saturated heterocycles. The summed E-state index contributed by atoms with van der Waals surface area (Å²) >= 11 is 0. The standard InChI is InChI=1S/C15H20FN3/c16-14-7-11(15(17)18)3-4-12(14)9-19(13-5-6-13)8-10-1-2-10/h3-4,7,10,13H,1-2,5-6,8-9H2,(H3,17,18). The van der Waals surface area contributed by atoms with Gasteiger partial charge < -0.3 is 5.73 Å². The van der Waals surface area contributed by atoms with Crippen molar-refractivity contribution in [2.75, 3.05) is 6.54 Å². The van der Waals surface area contributed by atoms with Crippen molar-refractivity contribution in [3.63, 3.8) is 0 Å². The molecule has 0 amide bonds. The zero-order valence-corrected chi connectivity index (χ0v) is 11.0. The van der Waals surface area contributed by atoms with Gasteiger partial charge in [0.15, 0.2) is 0 Å². The van der Waals surface area contributed by atoms with E-state index in [1.807, 2.05) is 0 Å². The van der Waals surface area contributed by atoms with Crippen LogP contribution in [0, 0.1) is 17.1 Å². The molecule has 2 aliphatic carbocycles. The number of nitrogens with two attached hydrogens (primary N) is 1. The number of benzene rings is 1. The Labute approximate surface area is 113 Å². The number of hydrogen-bond acceptors (Lipinski definition) is 2. The number of amidine groups is 1. The van der Waals surface area contributed by atoms with Crippen LogP contribution in [0.25, 0.3) is 0 Å². The van der Waals surface area contributed by atoms with Crippen LogP contribution in [0.5, 0.6) is 0 Å². The van der Waals surface area contributed by atoms with E-state index in [1.54, 1.807) is 12.1 Å². The molecule has 1 aromatic rings. The molecule has 102 valence electrons. The molecule has 0 unspecified atom stereocenters. The smallest absolute Gasteiger partial charge is 0.128 e. The van der Waals surface area contributed by atoms with Crippen molar-refractivity contribution in [1.82, 2.24) is 4.90 Å². The molecule has 2 fully saturated rings. The minimum atomic E-state index is -0.242. The lowest BCUT2D eigenvalue weighted by Gasteiger charge is -2.22. The fraction of sp³-hybridized carbons (Fsp3) is 0.533. The van der Waals surface area contributed by atoms with Gasteiger partial charge in [-0.25, -0.2) is 4.39 Å². The van der Waals surface area contributed by atoms with Crippen molar-refractivity contribution in [2.45, 2.75) is 38.3 Å². The van der Waals surface area contributed by atoms with Crippen LogP contribution in [0.2, 0.25) is 0 Å². The van der Waals surface area contributed by atoms with Crippen molar-refractivity contribution in [2.24, 2.45) is 11.7 Å². The van der Waals surface area contributed by atoms with Crippen LogP contribution >= 0.6 is 0 Å².